The molecule has 6 nitrogen and oxygen atoms in total. The molecular formula is C17H19N3O3. The lowest BCUT2D eigenvalue weighted by atomic mass is 9.89. The molecule has 0 amide bonds. The average Bonchev–Trinajstić information content (AvgIpc) is 2.57. The first-order chi connectivity index (χ1) is 11.1. The number of ketones is 1. The number of piperidine rings is 1. The predicted octanol–water partition coefficient (Wildman–Crippen LogP) is 1.61. The van der Waals surface area contributed by atoms with E-state index in [1.807, 2.05) is 24.3 Å². The number of para-hydroxylation sites is 1. The van der Waals surface area contributed by atoms with Crippen LogP contribution in [-0.2, 0) is 0 Å². The van der Waals surface area contributed by atoms with Gasteiger partial charge >= 0.3 is 0 Å². The van der Waals surface area contributed by atoms with E-state index in [1.165, 1.54) is 17.8 Å². The zero-order valence-electron chi connectivity index (χ0n) is 13.0. The Kier molecular flexibility index (Phi) is 4.25. The second-order valence-electron chi connectivity index (χ2n) is 5.78. The summed E-state index contributed by atoms with van der Waals surface area (Å²) in [5, 5.41) is 17.3. The molecule has 1 aromatic carbocycles. The van der Waals surface area contributed by atoms with Gasteiger partial charge in [-0.05, 0) is 43.5 Å². The minimum absolute atomic E-state index is 0.245. The molecule has 0 bridgehead atoms. The minimum Gasteiger partial charge on any atom is -0.503 e. The van der Waals surface area contributed by atoms with Crippen molar-refractivity contribution in [1.29, 1.82) is 0 Å². The molecule has 6 heteroatoms. The summed E-state index contributed by atoms with van der Waals surface area (Å²) in [6.07, 6.45) is 3.31. The van der Waals surface area contributed by atoms with Crippen molar-refractivity contribution in [2.45, 2.75) is 25.7 Å². The third-order valence-corrected chi connectivity index (χ3v) is 4.20. The van der Waals surface area contributed by atoms with Gasteiger partial charge in [0.25, 0.3) is 5.43 Å². The molecule has 3 rings (SSSR count). The molecule has 1 fully saturated rings. The fourth-order valence-corrected chi connectivity index (χ4v) is 3.01. The van der Waals surface area contributed by atoms with E-state index in [9.17, 15) is 14.7 Å². The van der Waals surface area contributed by atoms with Gasteiger partial charge in [-0.3, -0.25) is 9.59 Å². The Balaban J connectivity index is 2.12. The van der Waals surface area contributed by atoms with Crippen LogP contribution in [0.3, 0.4) is 0 Å². The van der Waals surface area contributed by atoms with Crippen LogP contribution in [-0.4, -0.2) is 33.8 Å². The third-order valence-electron chi connectivity index (χ3n) is 4.20. The van der Waals surface area contributed by atoms with Crippen molar-refractivity contribution in [2.75, 3.05) is 13.1 Å². The van der Waals surface area contributed by atoms with Crippen LogP contribution in [0, 0.1) is 0 Å². The van der Waals surface area contributed by atoms with Crippen molar-refractivity contribution in [3.63, 3.8) is 0 Å². The molecule has 0 radical (unpaired) electrons. The summed E-state index contributed by atoms with van der Waals surface area (Å²) in [7, 11) is 0. The number of aromatic hydroxyl groups is 1. The van der Waals surface area contributed by atoms with E-state index >= 15 is 0 Å². The number of rotatable bonds is 3. The van der Waals surface area contributed by atoms with Gasteiger partial charge in [0, 0.05) is 6.92 Å². The molecule has 1 aliphatic heterocycles. The molecule has 1 aromatic heterocycles. The number of carbonyl (C=O) groups excluding carboxylic acids is 1. The molecule has 120 valence electrons. The second kappa shape index (κ2) is 6.34. The number of Topliss-reactive ketones (excluding diaryl/α,β-unsaturated/α-hetero) is 1. The van der Waals surface area contributed by atoms with Crippen LogP contribution in [0.1, 0.15) is 41.7 Å². The smallest absolute Gasteiger partial charge is 0.252 e. The van der Waals surface area contributed by atoms with E-state index in [4.69, 9.17) is 0 Å². The normalized spacial score (nSPS) is 15.5. The fraction of sp³-hybridized carbons (Fsp3) is 0.353. The standard InChI is InChI=1S/C17H19N3O3/c1-11(21)16-17(23)15(22)10-20(19-16)14-5-3-2-4-13(14)12-6-8-18-9-7-12/h2-5,10,12,18,22H,6-9H2,1H3. The highest BCUT2D eigenvalue weighted by molar-refractivity contribution is 5.92. The third kappa shape index (κ3) is 3.03. The highest BCUT2D eigenvalue weighted by atomic mass is 16.3. The van der Waals surface area contributed by atoms with Gasteiger partial charge in [-0.15, -0.1) is 0 Å². The minimum atomic E-state index is -0.729. The van der Waals surface area contributed by atoms with Crippen molar-refractivity contribution in [1.82, 2.24) is 15.1 Å². The highest BCUT2D eigenvalue weighted by Crippen LogP contribution is 2.30. The van der Waals surface area contributed by atoms with Crippen LogP contribution in [0.15, 0.2) is 35.3 Å². The maximum Gasteiger partial charge on any atom is 0.252 e. The lowest BCUT2D eigenvalue weighted by Gasteiger charge is -2.25. The van der Waals surface area contributed by atoms with Crippen LogP contribution >= 0.6 is 0 Å². The largest absolute Gasteiger partial charge is 0.503 e. The van der Waals surface area contributed by atoms with Gasteiger partial charge in [-0.1, -0.05) is 18.2 Å². The van der Waals surface area contributed by atoms with Gasteiger partial charge in [0.15, 0.2) is 17.2 Å². The Bertz CT molecular complexity index is 792. The summed E-state index contributed by atoms with van der Waals surface area (Å²) < 4.78 is 1.44. The Morgan fingerprint density at radius 1 is 1.30 bits per heavy atom. The lowest BCUT2D eigenvalue weighted by Crippen LogP contribution is -2.27. The summed E-state index contributed by atoms with van der Waals surface area (Å²) in [5.74, 6) is -0.541. The van der Waals surface area contributed by atoms with Crippen molar-refractivity contribution in [3.05, 3.63) is 51.9 Å². The van der Waals surface area contributed by atoms with Crippen molar-refractivity contribution < 1.29 is 9.90 Å². The molecule has 2 heterocycles. The second-order valence-corrected chi connectivity index (χ2v) is 5.78. The fourth-order valence-electron chi connectivity index (χ4n) is 3.01. The summed E-state index contributed by atoms with van der Waals surface area (Å²) >= 11 is 0. The van der Waals surface area contributed by atoms with E-state index in [1.54, 1.807) is 0 Å². The van der Waals surface area contributed by atoms with Crippen LogP contribution in [0.25, 0.3) is 5.69 Å². The molecule has 23 heavy (non-hydrogen) atoms. The monoisotopic (exact) mass is 313 g/mol. The molecule has 2 N–H and O–H groups in total. The first kappa shape index (κ1) is 15.4. The quantitative estimate of drug-likeness (QED) is 0.841. The van der Waals surface area contributed by atoms with E-state index in [2.05, 4.69) is 10.4 Å². The van der Waals surface area contributed by atoms with Crippen LogP contribution in [0.2, 0.25) is 0 Å². The van der Waals surface area contributed by atoms with Crippen molar-refractivity contribution in [2.24, 2.45) is 0 Å². The molecule has 0 unspecified atom stereocenters. The molecule has 0 atom stereocenters. The highest BCUT2D eigenvalue weighted by Gasteiger charge is 2.20. The number of nitrogens with one attached hydrogen (secondary N) is 1. The van der Waals surface area contributed by atoms with E-state index in [0.29, 0.717) is 5.92 Å². The number of benzene rings is 1. The maximum atomic E-state index is 11.8. The summed E-state index contributed by atoms with van der Waals surface area (Å²) in [4.78, 5) is 23.4. The molecule has 2 aromatic rings. The Hall–Kier alpha value is -2.47. The molecule has 0 aliphatic carbocycles. The molecule has 0 spiro atoms. The van der Waals surface area contributed by atoms with E-state index in [0.717, 1.165) is 37.2 Å². The average molecular weight is 313 g/mol. The molecular weight excluding hydrogens is 294 g/mol. The van der Waals surface area contributed by atoms with Crippen LogP contribution in [0.4, 0.5) is 0 Å². The first-order valence-electron chi connectivity index (χ1n) is 7.72. The topological polar surface area (TPSA) is 84.2 Å². The maximum absolute atomic E-state index is 11.8. The number of carbonyl (C=O) groups is 1. The van der Waals surface area contributed by atoms with Crippen LogP contribution < -0.4 is 10.7 Å². The summed E-state index contributed by atoms with van der Waals surface area (Å²) in [6.45, 7) is 3.19. The Morgan fingerprint density at radius 2 is 2.00 bits per heavy atom. The molecule has 1 saturated heterocycles. The van der Waals surface area contributed by atoms with E-state index < -0.39 is 17.0 Å². The summed E-state index contributed by atoms with van der Waals surface area (Å²) in [6, 6.07) is 7.77. The lowest BCUT2D eigenvalue weighted by molar-refractivity contribution is 0.100. The van der Waals surface area contributed by atoms with Crippen molar-refractivity contribution >= 4 is 5.78 Å². The van der Waals surface area contributed by atoms with Gasteiger partial charge in [0.1, 0.15) is 0 Å². The van der Waals surface area contributed by atoms with Crippen molar-refractivity contribution in [3.8, 4) is 11.4 Å². The number of hydrogen-bond acceptors (Lipinski definition) is 5. The number of aromatic nitrogens is 2. The summed E-state index contributed by atoms with van der Waals surface area (Å²) in [5.41, 5.74) is 0.925. The molecule has 0 saturated carbocycles. The number of nitrogens with zero attached hydrogens (tertiary/aromatic N) is 2. The predicted molar refractivity (Wildman–Crippen MR) is 86.3 cm³/mol. The van der Waals surface area contributed by atoms with Gasteiger partial charge in [0.2, 0.25) is 0 Å². The Labute approximate surface area is 133 Å². The zero-order chi connectivity index (χ0) is 16.4. The van der Waals surface area contributed by atoms with E-state index in [-0.39, 0.29) is 5.69 Å². The van der Waals surface area contributed by atoms with Gasteiger partial charge in [0.05, 0.1) is 11.9 Å². The van der Waals surface area contributed by atoms with Gasteiger partial charge < -0.3 is 10.4 Å². The Morgan fingerprint density at radius 3 is 2.70 bits per heavy atom. The SMILES string of the molecule is CC(=O)c1nn(-c2ccccc2C2CCNCC2)cc(O)c1=O. The first-order valence-corrected chi connectivity index (χ1v) is 7.72. The number of hydrogen-bond donors (Lipinski definition) is 2. The molecule has 1 aliphatic rings. The van der Waals surface area contributed by atoms with Gasteiger partial charge in [-0.2, -0.15) is 5.10 Å². The zero-order valence-corrected chi connectivity index (χ0v) is 13.0. The van der Waals surface area contributed by atoms with Crippen LogP contribution in [0.5, 0.6) is 5.75 Å². The van der Waals surface area contributed by atoms with Gasteiger partial charge in [-0.25, -0.2) is 4.68 Å².